The molecule has 1 aliphatic carbocycles. The molecular formula is C11H23NOS. The average molecular weight is 217 g/mol. The van der Waals surface area contributed by atoms with Crippen LogP contribution < -0.4 is 5.32 Å². The molecule has 0 saturated heterocycles. The van der Waals surface area contributed by atoms with E-state index in [1.54, 1.807) is 0 Å². The van der Waals surface area contributed by atoms with E-state index in [-0.39, 0.29) is 0 Å². The predicted molar refractivity (Wildman–Crippen MR) is 63.9 cm³/mol. The molecule has 0 aromatic carbocycles. The second-order valence-corrected chi connectivity index (χ2v) is 5.08. The number of aliphatic hydroxyl groups is 1. The molecule has 0 heterocycles. The molecule has 0 aromatic heterocycles. The smallest absolute Gasteiger partial charge is 0.0446 e. The summed E-state index contributed by atoms with van der Waals surface area (Å²) in [6, 6.07) is 1.23. The second kappa shape index (κ2) is 7.55. The fraction of sp³-hybridized carbons (Fsp3) is 1.00. The number of thioether (sulfide) groups is 1. The summed E-state index contributed by atoms with van der Waals surface area (Å²) in [5.74, 6) is 1.12. The maximum atomic E-state index is 8.94. The summed E-state index contributed by atoms with van der Waals surface area (Å²) in [5.41, 5.74) is 0. The quantitative estimate of drug-likeness (QED) is 0.714. The van der Waals surface area contributed by atoms with Crippen LogP contribution in [0.25, 0.3) is 0 Å². The summed E-state index contributed by atoms with van der Waals surface area (Å²) in [5, 5.41) is 12.6. The molecule has 1 atom stereocenters. The molecule has 0 bridgehead atoms. The van der Waals surface area contributed by atoms with Gasteiger partial charge in [0.05, 0.1) is 0 Å². The molecule has 1 aliphatic rings. The largest absolute Gasteiger partial charge is 0.396 e. The third kappa shape index (κ3) is 4.67. The number of hydrogen-bond donors (Lipinski definition) is 2. The molecule has 0 radical (unpaired) electrons. The van der Waals surface area contributed by atoms with Gasteiger partial charge in [0.15, 0.2) is 0 Å². The van der Waals surface area contributed by atoms with Crippen molar-refractivity contribution in [1.82, 2.24) is 5.32 Å². The normalized spacial score (nSPS) is 21.0. The summed E-state index contributed by atoms with van der Waals surface area (Å²) in [7, 11) is 0. The van der Waals surface area contributed by atoms with E-state index in [4.69, 9.17) is 5.11 Å². The van der Waals surface area contributed by atoms with Crippen LogP contribution in [0.2, 0.25) is 0 Å². The van der Waals surface area contributed by atoms with Crippen molar-refractivity contribution in [3.63, 3.8) is 0 Å². The van der Waals surface area contributed by atoms with Crippen molar-refractivity contribution >= 4 is 11.8 Å². The average Bonchev–Trinajstić information content (AvgIpc) is 2.20. The molecule has 3 heteroatoms. The highest BCUT2D eigenvalue weighted by Crippen LogP contribution is 2.18. The van der Waals surface area contributed by atoms with Gasteiger partial charge in [-0.2, -0.15) is 11.8 Å². The van der Waals surface area contributed by atoms with Gasteiger partial charge in [-0.15, -0.1) is 0 Å². The lowest BCUT2D eigenvalue weighted by atomic mass is 9.95. The molecule has 84 valence electrons. The van der Waals surface area contributed by atoms with E-state index in [1.165, 1.54) is 32.1 Å². The number of rotatable bonds is 6. The monoisotopic (exact) mass is 217 g/mol. The minimum absolute atomic E-state index is 0.310. The topological polar surface area (TPSA) is 32.3 Å². The Morgan fingerprint density at radius 3 is 2.64 bits per heavy atom. The van der Waals surface area contributed by atoms with Crippen molar-refractivity contribution in [1.29, 1.82) is 0 Å². The van der Waals surface area contributed by atoms with Crippen LogP contribution in [0.1, 0.15) is 38.5 Å². The minimum atomic E-state index is 0.310. The molecule has 1 unspecified atom stereocenters. The molecule has 0 aromatic rings. The third-order valence-electron chi connectivity index (χ3n) is 2.92. The zero-order chi connectivity index (χ0) is 10.2. The second-order valence-electron chi connectivity index (χ2n) is 4.17. The van der Waals surface area contributed by atoms with Crippen LogP contribution in [-0.2, 0) is 0 Å². The molecule has 1 fully saturated rings. The highest BCUT2D eigenvalue weighted by atomic mass is 32.2. The van der Waals surface area contributed by atoms with Crippen LogP contribution in [0.4, 0.5) is 0 Å². The Labute approximate surface area is 91.9 Å². The summed E-state index contributed by atoms with van der Waals surface area (Å²) in [4.78, 5) is 0. The Morgan fingerprint density at radius 2 is 2.07 bits per heavy atom. The maximum absolute atomic E-state index is 8.94. The van der Waals surface area contributed by atoms with Gasteiger partial charge in [-0.3, -0.25) is 0 Å². The van der Waals surface area contributed by atoms with Gasteiger partial charge in [0, 0.05) is 24.4 Å². The van der Waals surface area contributed by atoms with Crippen molar-refractivity contribution in [2.45, 2.75) is 50.6 Å². The lowest BCUT2D eigenvalue weighted by Gasteiger charge is -2.28. The SMILES string of the molecule is CSCC(CCO)NC1CCCCC1. The van der Waals surface area contributed by atoms with E-state index in [1.807, 2.05) is 11.8 Å². The van der Waals surface area contributed by atoms with Crippen molar-refractivity contribution in [2.75, 3.05) is 18.6 Å². The standard InChI is InChI=1S/C11H23NOS/c1-14-9-11(7-8-13)12-10-5-3-2-4-6-10/h10-13H,2-9H2,1H3. The van der Waals surface area contributed by atoms with Gasteiger partial charge in [0.25, 0.3) is 0 Å². The molecule has 0 spiro atoms. The van der Waals surface area contributed by atoms with Gasteiger partial charge in [0.2, 0.25) is 0 Å². The van der Waals surface area contributed by atoms with Crippen LogP contribution >= 0.6 is 11.8 Å². The summed E-state index contributed by atoms with van der Waals surface area (Å²) >= 11 is 1.86. The Hall–Kier alpha value is 0.270. The van der Waals surface area contributed by atoms with Gasteiger partial charge >= 0.3 is 0 Å². The van der Waals surface area contributed by atoms with E-state index in [0.29, 0.717) is 18.7 Å². The van der Waals surface area contributed by atoms with Gasteiger partial charge in [0.1, 0.15) is 0 Å². The van der Waals surface area contributed by atoms with E-state index in [2.05, 4.69) is 11.6 Å². The molecular weight excluding hydrogens is 194 g/mol. The van der Waals surface area contributed by atoms with Crippen molar-refractivity contribution in [2.24, 2.45) is 0 Å². The fourth-order valence-electron chi connectivity index (χ4n) is 2.17. The first-order valence-electron chi connectivity index (χ1n) is 5.72. The Morgan fingerprint density at radius 1 is 1.36 bits per heavy atom. The lowest BCUT2D eigenvalue weighted by molar-refractivity contribution is 0.255. The molecule has 1 rings (SSSR count). The van der Waals surface area contributed by atoms with Crippen LogP contribution in [0, 0.1) is 0 Å². The van der Waals surface area contributed by atoms with Crippen molar-refractivity contribution in [3.05, 3.63) is 0 Å². The van der Waals surface area contributed by atoms with Crippen molar-refractivity contribution in [3.8, 4) is 0 Å². The highest BCUT2D eigenvalue weighted by Gasteiger charge is 2.16. The first-order valence-corrected chi connectivity index (χ1v) is 7.12. The third-order valence-corrected chi connectivity index (χ3v) is 3.66. The van der Waals surface area contributed by atoms with Gasteiger partial charge < -0.3 is 10.4 Å². The zero-order valence-electron chi connectivity index (χ0n) is 9.17. The van der Waals surface area contributed by atoms with E-state index >= 15 is 0 Å². The summed E-state index contributed by atoms with van der Waals surface area (Å²) in [6.45, 7) is 0.310. The molecule has 14 heavy (non-hydrogen) atoms. The van der Waals surface area contributed by atoms with E-state index in [9.17, 15) is 0 Å². The molecule has 2 N–H and O–H groups in total. The number of aliphatic hydroxyl groups excluding tert-OH is 1. The van der Waals surface area contributed by atoms with Crippen LogP contribution in [0.3, 0.4) is 0 Å². The number of nitrogens with one attached hydrogen (secondary N) is 1. The molecule has 1 saturated carbocycles. The Balaban J connectivity index is 2.21. The van der Waals surface area contributed by atoms with Gasteiger partial charge in [-0.1, -0.05) is 19.3 Å². The fourth-order valence-corrected chi connectivity index (χ4v) is 2.84. The van der Waals surface area contributed by atoms with Gasteiger partial charge in [-0.05, 0) is 25.5 Å². The van der Waals surface area contributed by atoms with Crippen LogP contribution in [0.5, 0.6) is 0 Å². The molecule has 0 amide bonds. The minimum Gasteiger partial charge on any atom is -0.396 e. The van der Waals surface area contributed by atoms with E-state index < -0.39 is 0 Å². The lowest BCUT2D eigenvalue weighted by Crippen LogP contribution is -2.41. The van der Waals surface area contributed by atoms with E-state index in [0.717, 1.165) is 12.2 Å². The van der Waals surface area contributed by atoms with Crippen LogP contribution in [0.15, 0.2) is 0 Å². The summed E-state index contributed by atoms with van der Waals surface area (Å²) in [6.07, 6.45) is 9.85. The molecule has 0 aliphatic heterocycles. The predicted octanol–water partition coefficient (Wildman–Crippen LogP) is 2.02. The van der Waals surface area contributed by atoms with Gasteiger partial charge in [-0.25, -0.2) is 0 Å². The zero-order valence-corrected chi connectivity index (χ0v) is 9.98. The maximum Gasteiger partial charge on any atom is 0.0446 e. The highest BCUT2D eigenvalue weighted by molar-refractivity contribution is 7.98. The van der Waals surface area contributed by atoms with Crippen molar-refractivity contribution < 1.29 is 5.11 Å². The molecule has 2 nitrogen and oxygen atoms in total. The number of hydrogen-bond acceptors (Lipinski definition) is 3. The van der Waals surface area contributed by atoms with Crippen LogP contribution in [-0.4, -0.2) is 35.8 Å². The first-order chi connectivity index (χ1) is 6.86. The summed E-state index contributed by atoms with van der Waals surface area (Å²) < 4.78 is 0. The Bertz CT molecular complexity index is 131. The first kappa shape index (κ1) is 12.3. The Kier molecular flexibility index (Phi) is 6.65.